The molecule has 1 aliphatic heterocycles. The first kappa shape index (κ1) is 16.0. The summed E-state index contributed by atoms with van der Waals surface area (Å²) in [5.41, 5.74) is 0.0483. The molecule has 5 heteroatoms. The third-order valence-corrected chi connectivity index (χ3v) is 5.47. The van der Waals surface area contributed by atoms with Gasteiger partial charge in [-0.3, -0.25) is 14.5 Å². The first-order valence-electron chi connectivity index (χ1n) is 6.61. The molecule has 0 atom stereocenters. The van der Waals surface area contributed by atoms with Crippen LogP contribution in [0.2, 0.25) is 0 Å². The number of hydrogen-bond acceptors (Lipinski definition) is 3. The summed E-state index contributed by atoms with van der Waals surface area (Å²) in [5, 5.41) is 0.785. The summed E-state index contributed by atoms with van der Waals surface area (Å²) in [5.74, 6) is 0.633. The Balaban J connectivity index is 2.80. The number of carbonyl (C=O) groups is 2. The van der Waals surface area contributed by atoms with E-state index in [4.69, 9.17) is 0 Å². The molecule has 2 amide bonds. The molecule has 104 valence electrons. The van der Waals surface area contributed by atoms with E-state index in [1.807, 2.05) is 0 Å². The van der Waals surface area contributed by atoms with E-state index in [2.05, 4.69) is 29.8 Å². The van der Waals surface area contributed by atoms with Gasteiger partial charge in [0, 0.05) is 24.0 Å². The zero-order valence-corrected chi connectivity index (χ0v) is 13.6. The fourth-order valence-electron chi connectivity index (χ4n) is 2.55. The van der Waals surface area contributed by atoms with Gasteiger partial charge in [0.2, 0.25) is 5.91 Å². The number of halogens is 1. The SMILES string of the molecule is CCCC(CBr)(CCC)CN1C(=O)CCSC1=O. The van der Waals surface area contributed by atoms with Gasteiger partial charge in [-0.15, -0.1) is 0 Å². The molecule has 0 aliphatic carbocycles. The molecule has 0 unspecified atom stereocenters. The number of thioether (sulfide) groups is 1. The average Bonchev–Trinajstić information content (AvgIpc) is 2.34. The van der Waals surface area contributed by atoms with Gasteiger partial charge >= 0.3 is 0 Å². The van der Waals surface area contributed by atoms with E-state index in [1.54, 1.807) is 0 Å². The van der Waals surface area contributed by atoms with Crippen LogP contribution in [0.15, 0.2) is 0 Å². The molecule has 1 fully saturated rings. The monoisotopic (exact) mass is 335 g/mol. The highest BCUT2D eigenvalue weighted by Crippen LogP contribution is 2.35. The van der Waals surface area contributed by atoms with Crippen LogP contribution in [0.3, 0.4) is 0 Å². The second kappa shape index (κ2) is 7.53. The Hall–Kier alpha value is -0.0300. The molecule has 18 heavy (non-hydrogen) atoms. The maximum atomic E-state index is 11.9. The van der Waals surface area contributed by atoms with E-state index in [0.717, 1.165) is 31.0 Å². The summed E-state index contributed by atoms with van der Waals surface area (Å²) < 4.78 is 0. The number of alkyl halides is 1. The molecule has 0 spiro atoms. The van der Waals surface area contributed by atoms with Crippen molar-refractivity contribution in [2.75, 3.05) is 17.6 Å². The van der Waals surface area contributed by atoms with Gasteiger partial charge < -0.3 is 0 Å². The Morgan fingerprint density at radius 3 is 2.33 bits per heavy atom. The van der Waals surface area contributed by atoms with Crippen molar-refractivity contribution in [2.24, 2.45) is 5.41 Å². The molecule has 0 N–H and O–H groups in total. The first-order chi connectivity index (χ1) is 8.58. The van der Waals surface area contributed by atoms with E-state index in [-0.39, 0.29) is 16.6 Å². The van der Waals surface area contributed by atoms with Gasteiger partial charge in [-0.05, 0) is 18.3 Å². The number of nitrogens with zero attached hydrogens (tertiary/aromatic N) is 1. The molecular formula is C13H22BrNO2S. The second-order valence-corrected chi connectivity index (χ2v) is 6.58. The summed E-state index contributed by atoms with van der Waals surface area (Å²) in [6.07, 6.45) is 4.75. The largest absolute Gasteiger partial charge is 0.288 e. The van der Waals surface area contributed by atoms with Gasteiger partial charge in [-0.1, -0.05) is 54.4 Å². The zero-order valence-electron chi connectivity index (χ0n) is 11.2. The Morgan fingerprint density at radius 2 is 1.89 bits per heavy atom. The summed E-state index contributed by atoms with van der Waals surface area (Å²) in [6, 6.07) is 0. The zero-order chi connectivity index (χ0) is 13.6. The lowest BCUT2D eigenvalue weighted by Crippen LogP contribution is -2.46. The quantitative estimate of drug-likeness (QED) is 0.658. The maximum Gasteiger partial charge on any atom is 0.288 e. The Bertz CT molecular complexity index is 287. The molecule has 1 rings (SSSR count). The van der Waals surface area contributed by atoms with Crippen molar-refractivity contribution in [2.45, 2.75) is 46.0 Å². The number of carbonyl (C=O) groups excluding carboxylic acids is 2. The van der Waals surface area contributed by atoms with E-state index in [1.165, 1.54) is 16.7 Å². The van der Waals surface area contributed by atoms with Gasteiger partial charge in [-0.25, -0.2) is 0 Å². The van der Waals surface area contributed by atoms with Crippen molar-refractivity contribution in [1.29, 1.82) is 0 Å². The standard InChI is InChI=1S/C13H22BrNO2S/c1-3-6-13(9-14,7-4-2)10-15-11(16)5-8-18-12(15)17/h3-10H2,1-2H3. The fourth-order valence-corrected chi connectivity index (χ4v) is 4.06. The predicted molar refractivity (Wildman–Crippen MR) is 80.2 cm³/mol. The minimum absolute atomic E-state index is 0.00344. The van der Waals surface area contributed by atoms with Crippen LogP contribution in [0.5, 0.6) is 0 Å². The molecule has 0 bridgehead atoms. The molecule has 1 aliphatic rings. The minimum Gasteiger partial charge on any atom is -0.274 e. The van der Waals surface area contributed by atoms with E-state index in [0.29, 0.717) is 18.7 Å². The molecule has 3 nitrogen and oxygen atoms in total. The lowest BCUT2D eigenvalue weighted by atomic mass is 9.80. The van der Waals surface area contributed by atoms with Gasteiger partial charge in [0.05, 0.1) is 0 Å². The molecular weight excluding hydrogens is 314 g/mol. The topological polar surface area (TPSA) is 37.4 Å². The minimum atomic E-state index is -0.0659. The van der Waals surface area contributed by atoms with Crippen LogP contribution in [-0.4, -0.2) is 33.7 Å². The normalized spacial score (nSPS) is 17.4. The maximum absolute atomic E-state index is 11.9. The van der Waals surface area contributed by atoms with Gasteiger partial charge in [-0.2, -0.15) is 0 Å². The van der Waals surface area contributed by atoms with Crippen LogP contribution in [0.4, 0.5) is 4.79 Å². The van der Waals surface area contributed by atoms with Gasteiger partial charge in [0.15, 0.2) is 0 Å². The van der Waals surface area contributed by atoms with Crippen molar-refractivity contribution in [3.8, 4) is 0 Å². The lowest BCUT2D eigenvalue weighted by molar-refractivity contribution is -0.128. The summed E-state index contributed by atoms with van der Waals surface area (Å²) in [6.45, 7) is 4.88. The molecule has 1 saturated heterocycles. The first-order valence-corrected chi connectivity index (χ1v) is 8.72. The van der Waals surface area contributed by atoms with E-state index in [9.17, 15) is 9.59 Å². The highest BCUT2D eigenvalue weighted by atomic mass is 79.9. The van der Waals surface area contributed by atoms with Crippen molar-refractivity contribution >= 4 is 38.8 Å². The van der Waals surface area contributed by atoms with Crippen LogP contribution >= 0.6 is 27.7 Å². The smallest absolute Gasteiger partial charge is 0.274 e. The second-order valence-electron chi connectivity index (χ2n) is 4.98. The van der Waals surface area contributed by atoms with Gasteiger partial charge in [0.1, 0.15) is 0 Å². The Morgan fingerprint density at radius 1 is 1.28 bits per heavy atom. The molecule has 1 heterocycles. The van der Waals surface area contributed by atoms with Crippen LogP contribution < -0.4 is 0 Å². The van der Waals surface area contributed by atoms with Crippen molar-refractivity contribution < 1.29 is 9.59 Å². The summed E-state index contributed by atoms with van der Waals surface area (Å²) >= 11 is 4.85. The van der Waals surface area contributed by atoms with Crippen LogP contribution in [-0.2, 0) is 4.79 Å². The third kappa shape index (κ3) is 3.98. The predicted octanol–water partition coefficient (Wildman–Crippen LogP) is 4.05. The number of imide groups is 1. The van der Waals surface area contributed by atoms with Crippen LogP contribution in [0.25, 0.3) is 0 Å². The van der Waals surface area contributed by atoms with Gasteiger partial charge in [0.25, 0.3) is 5.24 Å². The van der Waals surface area contributed by atoms with Crippen molar-refractivity contribution in [1.82, 2.24) is 4.90 Å². The number of amides is 2. The average molecular weight is 336 g/mol. The highest BCUT2D eigenvalue weighted by Gasteiger charge is 2.36. The fraction of sp³-hybridized carbons (Fsp3) is 0.846. The van der Waals surface area contributed by atoms with E-state index < -0.39 is 0 Å². The lowest BCUT2D eigenvalue weighted by Gasteiger charge is -2.37. The van der Waals surface area contributed by atoms with Crippen LogP contribution in [0, 0.1) is 5.41 Å². The van der Waals surface area contributed by atoms with E-state index >= 15 is 0 Å². The Labute approximate surface area is 122 Å². The van der Waals surface area contributed by atoms with Crippen molar-refractivity contribution in [3.63, 3.8) is 0 Å². The Kier molecular flexibility index (Phi) is 6.71. The summed E-state index contributed by atoms with van der Waals surface area (Å²) in [4.78, 5) is 25.2. The molecule has 0 radical (unpaired) electrons. The summed E-state index contributed by atoms with van der Waals surface area (Å²) in [7, 11) is 0. The molecule has 0 aromatic rings. The molecule has 0 saturated carbocycles. The highest BCUT2D eigenvalue weighted by molar-refractivity contribution is 9.09. The number of rotatable bonds is 7. The number of hydrogen-bond donors (Lipinski definition) is 0. The van der Waals surface area contributed by atoms with Crippen LogP contribution in [0.1, 0.15) is 46.0 Å². The van der Waals surface area contributed by atoms with Crippen molar-refractivity contribution in [3.05, 3.63) is 0 Å². The third-order valence-electron chi connectivity index (χ3n) is 3.40. The molecule has 0 aromatic carbocycles. The molecule has 0 aromatic heterocycles.